The van der Waals surface area contributed by atoms with Gasteiger partial charge in [0.2, 0.25) is 5.91 Å². The van der Waals surface area contributed by atoms with E-state index in [1.54, 1.807) is 7.11 Å². The average molecular weight is 262 g/mol. The van der Waals surface area contributed by atoms with Gasteiger partial charge >= 0.3 is 0 Å². The van der Waals surface area contributed by atoms with Crippen LogP contribution in [0.4, 0.5) is 0 Å². The molecule has 104 valence electrons. The lowest BCUT2D eigenvalue weighted by Gasteiger charge is -2.23. The van der Waals surface area contributed by atoms with E-state index < -0.39 is 0 Å². The first kappa shape index (κ1) is 13.9. The van der Waals surface area contributed by atoms with Gasteiger partial charge < -0.3 is 15.4 Å². The van der Waals surface area contributed by atoms with E-state index in [1.165, 1.54) is 5.56 Å². The van der Waals surface area contributed by atoms with Crippen molar-refractivity contribution in [2.75, 3.05) is 20.2 Å². The summed E-state index contributed by atoms with van der Waals surface area (Å²) in [7, 11) is 1.66. The molecule has 1 atom stereocenters. The minimum atomic E-state index is -0.381. The van der Waals surface area contributed by atoms with Gasteiger partial charge in [0.15, 0.2) is 0 Å². The highest BCUT2D eigenvalue weighted by atomic mass is 16.5. The van der Waals surface area contributed by atoms with Crippen LogP contribution >= 0.6 is 0 Å². The fourth-order valence-electron chi connectivity index (χ4n) is 2.43. The molecule has 0 aliphatic carbocycles. The van der Waals surface area contributed by atoms with Crippen LogP contribution in [0.2, 0.25) is 0 Å². The summed E-state index contributed by atoms with van der Waals surface area (Å²) >= 11 is 0. The summed E-state index contributed by atoms with van der Waals surface area (Å²) in [6, 6.07) is 7.94. The maximum atomic E-state index is 12.1. The maximum absolute atomic E-state index is 12.1. The third-order valence-electron chi connectivity index (χ3n) is 3.70. The fourth-order valence-corrected chi connectivity index (χ4v) is 2.43. The Bertz CT molecular complexity index is 440. The summed E-state index contributed by atoms with van der Waals surface area (Å²) in [6.07, 6.45) is 2.80. The third kappa shape index (κ3) is 3.47. The topological polar surface area (TPSA) is 50.4 Å². The summed E-state index contributed by atoms with van der Waals surface area (Å²) in [5.74, 6) is 0.959. The van der Waals surface area contributed by atoms with Gasteiger partial charge in [-0.05, 0) is 50.4 Å². The number of nitrogens with one attached hydrogen (secondary N) is 2. The van der Waals surface area contributed by atoms with E-state index in [0.29, 0.717) is 6.54 Å². The van der Waals surface area contributed by atoms with E-state index in [1.807, 2.05) is 31.2 Å². The molecule has 0 bridgehead atoms. The molecule has 0 saturated carbocycles. The number of carbonyl (C=O) groups is 1. The molecule has 1 aliphatic rings. The van der Waals surface area contributed by atoms with E-state index in [0.717, 1.165) is 31.6 Å². The highest BCUT2D eigenvalue weighted by Gasteiger charge is 2.35. The number of ether oxygens (including phenoxy) is 1. The van der Waals surface area contributed by atoms with Gasteiger partial charge in [0.05, 0.1) is 12.6 Å². The summed E-state index contributed by atoms with van der Waals surface area (Å²) < 4.78 is 5.18. The molecule has 1 heterocycles. The van der Waals surface area contributed by atoms with Gasteiger partial charge in [-0.2, -0.15) is 0 Å². The Kier molecular flexibility index (Phi) is 4.43. The van der Waals surface area contributed by atoms with Gasteiger partial charge in [0.25, 0.3) is 0 Å². The number of hydrogen-bond donors (Lipinski definition) is 2. The predicted molar refractivity (Wildman–Crippen MR) is 75.3 cm³/mol. The Morgan fingerprint density at radius 1 is 1.53 bits per heavy atom. The van der Waals surface area contributed by atoms with Crippen LogP contribution in [0.15, 0.2) is 24.3 Å². The molecular formula is C15H22N2O2. The lowest BCUT2D eigenvalue weighted by atomic mass is 9.99. The van der Waals surface area contributed by atoms with E-state index in [9.17, 15) is 4.79 Å². The number of benzene rings is 1. The number of amides is 1. The van der Waals surface area contributed by atoms with Gasteiger partial charge in [-0.3, -0.25) is 4.79 Å². The van der Waals surface area contributed by atoms with Crippen LogP contribution in [-0.4, -0.2) is 31.6 Å². The second kappa shape index (κ2) is 6.06. The minimum absolute atomic E-state index is 0.105. The van der Waals surface area contributed by atoms with Crippen LogP contribution in [-0.2, 0) is 11.2 Å². The Morgan fingerprint density at radius 3 is 3.05 bits per heavy atom. The van der Waals surface area contributed by atoms with Crippen molar-refractivity contribution < 1.29 is 9.53 Å². The largest absolute Gasteiger partial charge is 0.497 e. The highest BCUT2D eigenvalue weighted by Crippen LogP contribution is 2.18. The van der Waals surface area contributed by atoms with Crippen LogP contribution in [0.1, 0.15) is 25.3 Å². The van der Waals surface area contributed by atoms with E-state index in [-0.39, 0.29) is 11.4 Å². The monoisotopic (exact) mass is 262 g/mol. The quantitative estimate of drug-likeness (QED) is 0.845. The number of carbonyl (C=O) groups excluding carboxylic acids is 1. The molecule has 4 nitrogen and oxygen atoms in total. The van der Waals surface area contributed by atoms with Crippen LogP contribution in [0.3, 0.4) is 0 Å². The first-order chi connectivity index (χ1) is 9.14. The lowest BCUT2D eigenvalue weighted by molar-refractivity contribution is -0.126. The maximum Gasteiger partial charge on any atom is 0.240 e. The molecule has 1 unspecified atom stereocenters. The van der Waals surface area contributed by atoms with Crippen molar-refractivity contribution >= 4 is 5.91 Å². The van der Waals surface area contributed by atoms with Gasteiger partial charge in [-0.15, -0.1) is 0 Å². The lowest BCUT2D eigenvalue weighted by Crippen LogP contribution is -2.51. The Balaban J connectivity index is 1.81. The van der Waals surface area contributed by atoms with Crippen LogP contribution < -0.4 is 15.4 Å². The molecule has 1 saturated heterocycles. The molecule has 0 aromatic heterocycles. The van der Waals surface area contributed by atoms with Gasteiger partial charge in [0, 0.05) is 6.54 Å². The van der Waals surface area contributed by atoms with E-state index >= 15 is 0 Å². The predicted octanol–water partition coefficient (Wildman–Crippen LogP) is 1.50. The van der Waals surface area contributed by atoms with Gasteiger partial charge in [0.1, 0.15) is 5.75 Å². The summed E-state index contributed by atoms with van der Waals surface area (Å²) in [5, 5.41) is 6.28. The first-order valence-corrected chi connectivity index (χ1v) is 6.80. The molecule has 1 aromatic carbocycles. The molecule has 1 aromatic rings. The number of rotatable bonds is 5. The van der Waals surface area contributed by atoms with Crippen LogP contribution in [0, 0.1) is 0 Å². The average Bonchev–Trinajstić information content (AvgIpc) is 2.87. The van der Waals surface area contributed by atoms with Gasteiger partial charge in [-0.1, -0.05) is 12.1 Å². The molecule has 1 aliphatic heterocycles. The SMILES string of the molecule is COc1cccc(CCNC(=O)C2(C)CCCN2)c1. The third-order valence-corrected chi connectivity index (χ3v) is 3.70. The molecule has 2 N–H and O–H groups in total. The Hall–Kier alpha value is -1.55. The van der Waals surface area contributed by atoms with Crippen molar-refractivity contribution in [2.24, 2.45) is 0 Å². The standard InChI is InChI=1S/C15H22N2O2/c1-15(8-4-9-17-15)14(18)16-10-7-12-5-3-6-13(11-12)19-2/h3,5-6,11,17H,4,7-10H2,1-2H3,(H,16,18). The molecular weight excluding hydrogens is 240 g/mol. The van der Waals surface area contributed by atoms with Crippen molar-refractivity contribution in [3.63, 3.8) is 0 Å². The van der Waals surface area contributed by atoms with Crippen molar-refractivity contribution in [3.05, 3.63) is 29.8 Å². The van der Waals surface area contributed by atoms with Crippen LogP contribution in [0.5, 0.6) is 5.75 Å². The molecule has 0 radical (unpaired) electrons. The molecule has 1 fully saturated rings. The zero-order valence-corrected chi connectivity index (χ0v) is 11.7. The number of methoxy groups -OCH3 is 1. The zero-order valence-electron chi connectivity index (χ0n) is 11.7. The Labute approximate surface area is 114 Å². The first-order valence-electron chi connectivity index (χ1n) is 6.80. The zero-order chi connectivity index (χ0) is 13.7. The summed E-state index contributed by atoms with van der Waals surface area (Å²) in [5.41, 5.74) is 0.790. The van der Waals surface area contributed by atoms with E-state index in [4.69, 9.17) is 4.74 Å². The fraction of sp³-hybridized carbons (Fsp3) is 0.533. The van der Waals surface area contributed by atoms with Crippen LogP contribution in [0.25, 0.3) is 0 Å². The Morgan fingerprint density at radius 2 is 2.37 bits per heavy atom. The number of hydrogen-bond acceptors (Lipinski definition) is 3. The van der Waals surface area contributed by atoms with Crippen molar-refractivity contribution in [3.8, 4) is 5.75 Å². The van der Waals surface area contributed by atoms with Crippen molar-refractivity contribution in [1.29, 1.82) is 0 Å². The second-order valence-electron chi connectivity index (χ2n) is 5.22. The minimum Gasteiger partial charge on any atom is -0.497 e. The highest BCUT2D eigenvalue weighted by molar-refractivity contribution is 5.86. The molecule has 2 rings (SSSR count). The summed E-state index contributed by atoms with van der Waals surface area (Å²) in [4.78, 5) is 12.1. The van der Waals surface area contributed by atoms with E-state index in [2.05, 4.69) is 10.6 Å². The van der Waals surface area contributed by atoms with Crippen molar-refractivity contribution in [1.82, 2.24) is 10.6 Å². The van der Waals surface area contributed by atoms with Gasteiger partial charge in [-0.25, -0.2) is 0 Å². The smallest absolute Gasteiger partial charge is 0.240 e. The molecule has 19 heavy (non-hydrogen) atoms. The molecule has 1 amide bonds. The molecule has 0 spiro atoms. The molecule has 4 heteroatoms. The normalized spacial score (nSPS) is 22.2. The van der Waals surface area contributed by atoms with Crippen molar-refractivity contribution in [2.45, 2.75) is 31.7 Å². The summed E-state index contributed by atoms with van der Waals surface area (Å²) in [6.45, 7) is 3.56. The second-order valence-corrected chi connectivity index (χ2v) is 5.22.